The molecule has 4 N–H and O–H groups in total. The molecule has 1 amide bonds. The first-order chi connectivity index (χ1) is 17.1. The van der Waals surface area contributed by atoms with Gasteiger partial charge in [0.25, 0.3) is 5.91 Å². The van der Waals surface area contributed by atoms with E-state index in [1.807, 2.05) is 18.4 Å². The summed E-state index contributed by atoms with van der Waals surface area (Å²) in [6, 6.07) is 3.04. The number of sulfone groups is 1. The Morgan fingerprint density at radius 1 is 1.17 bits per heavy atom. The lowest BCUT2D eigenvalue weighted by atomic mass is 9.79. The number of benzene rings is 1. The third-order valence-corrected chi connectivity index (χ3v) is 10.8. The van der Waals surface area contributed by atoms with Gasteiger partial charge in [0.2, 0.25) is 0 Å². The number of amides is 1. The molecule has 2 heterocycles. The highest BCUT2D eigenvalue weighted by Crippen LogP contribution is 2.47. The van der Waals surface area contributed by atoms with Crippen LogP contribution < -0.4 is 11.1 Å². The molecule has 1 aromatic heterocycles. The van der Waals surface area contributed by atoms with Gasteiger partial charge in [-0.15, -0.1) is 0 Å². The van der Waals surface area contributed by atoms with Crippen LogP contribution in [0.4, 0.5) is 10.1 Å². The van der Waals surface area contributed by atoms with Gasteiger partial charge in [0.05, 0.1) is 33.7 Å². The van der Waals surface area contributed by atoms with Crippen LogP contribution >= 0.6 is 0 Å². The van der Waals surface area contributed by atoms with Crippen LogP contribution in [0.25, 0.3) is 5.69 Å². The fraction of sp³-hybridized carbons (Fsp3) is 0.593. The second-order valence-electron chi connectivity index (χ2n) is 10.9. The first-order valence-electron chi connectivity index (χ1n) is 13.2. The zero-order valence-corrected chi connectivity index (χ0v) is 21.9. The van der Waals surface area contributed by atoms with Crippen molar-refractivity contribution < 1.29 is 22.7 Å². The molecular formula is C27H36FN3O4S. The van der Waals surface area contributed by atoms with E-state index in [2.05, 4.69) is 5.32 Å². The number of hydrogen-bond donors (Lipinski definition) is 3. The predicted molar refractivity (Wildman–Crippen MR) is 137 cm³/mol. The van der Waals surface area contributed by atoms with Gasteiger partial charge in [-0.3, -0.25) is 4.79 Å². The number of halogens is 1. The molecule has 1 saturated carbocycles. The highest BCUT2D eigenvalue weighted by molar-refractivity contribution is 7.91. The molecule has 7 nitrogen and oxygen atoms in total. The molecule has 5 rings (SSSR count). The molecule has 0 saturated heterocycles. The molecular weight excluding hydrogens is 481 g/mol. The van der Waals surface area contributed by atoms with Crippen molar-refractivity contribution in [1.82, 2.24) is 4.57 Å². The maximum atomic E-state index is 15.5. The maximum Gasteiger partial charge on any atom is 0.253 e. The fourth-order valence-corrected chi connectivity index (χ4v) is 9.19. The van der Waals surface area contributed by atoms with E-state index in [9.17, 15) is 18.3 Å². The van der Waals surface area contributed by atoms with Crippen molar-refractivity contribution in [2.45, 2.75) is 95.1 Å². The second kappa shape index (κ2) is 9.17. The van der Waals surface area contributed by atoms with Crippen molar-refractivity contribution >= 4 is 21.4 Å². The highest BCUT2D eigenvalue weighted by atomic mass is 32.2. The smallest absolute Gasteiger partial charge is 0.253 e. The number of fused-ring (bicyclic) bond motifs is 3. The molecule has 1 aliphatic heterocycles. The number of aliphatic hydroxyl groups excluding tert-OH is 1. The predicted octanol–water partition coefficient (Wildman–Crippen LogP) is 4.06. The van der Waals surface area contributed by atoms with Gasteiger partial charge in [-0.05, 0) is 87.3 Å². The van der Waals surface area contributed by atoms with Gasteiger partial charge >= 0.3 is 0 Å². The zero-order chi connectivity index (χ0) is 25.8. The van der Waals surface area contributed by atoms with Crippen LogP contribution in [0.2, 0.25) is 0 Å². The van der Waals surface area contributed by atoms with Crippen molar-refractivity contribution in [2.75, 3.05) is 11.1 Å². The topological polar surface area (TPSA) is 114 Å². The van der Waals surface area contributed by atoms with Gasteiger partial charge in [0, 0.05) is 17.4 Å². The summed E-state index contributed by atoms with van der Waals surface area (Å²) in [5.74, 6) is -1.43. The van der Waals surface area contributed by atoms with Crippen LogP contribution in [0.15, 0.2) is 17.0 Å². The molecule has 2 aliphatic carbocycles. The number of aromatic nitrogens is 1. The molecule has 0 spiro atoms. The standard InChI is InChI=1S/C27H36FN3O4S/c1-3-27(4-2)14-23-25(36(34,35)15-27)19-6-5-7-22(19)31(23)17-12-20(28)24(26(29)33)21(13-17)30-16-8-10-18(32)11-9-16/h12-13,16,18,30,32H,3-11,14-15H2,1-2H3,(H2,29,33)/t16-,18-. The van der Waals surface area contributed by atoms with Crippen LogP contribution in [0, 0.1) is 11.2 Å². The Bertz CT molecular complexity index is 1310. The number of nitrogens with two attached hydrogens (primary N) is 1. The van der Waals surface area contributed by atoms with E-state index in [4.69, 9.17) is 5.73 Å². The molecule has 0 unspecified atom stereocenters. The Balaban J connectivity index is 1.68. The molecule has 0 bridgehead atoms. The van der Waals surface area contributed by atoms with Gasteiger partial charge in [0.15, 0.2) is 9.84 Å². The van der Waals surface area contributed by atoms with E-state index in [1.165, 1.54) is 6.07 Å². The monoisotopic (exact) mass is 517 g/mol. The van der Waals surface area contributed by atoms with E-state index in [0.29, 0.717) is 54.8 Å². The van der Waals surface area contributed by atoms with Gasteiger partial charge in [-0.25, -0.2) is 12.8 Å². The maximum absolute atomic E-state index is 15.5. The SMILES string of the molecule is CCC1(CC)Cc2c(c3c(n2-c2cc(F)c(C(N)=O)c(N[C@H]4CC[C@H](O)CC4)c2)CCC3)S(=O)(=O)C1. The summed E-state index contributed by atoms with van der Waals surface area (Å²) in [7, 11) is -3.48. The Kier molecular flexibility index (Phi) is 6.44. The molecule has 36 heavy (non-hydrogen) atoms. The third kappa shape index (κ3) is 4.14. The van der Waals surface area contributed by atoms with Crippen molar-refractivity contribution in [3.8, 4) is 5.69 Å². The fourth-order valence-electron chi connectivity index (χ4n) is 6.61. The average molecular weight is 518 g/mol. The minimum absolute atomic E-state index is 0.0151. The Morgan fingerprint density at radius 3 is 2.50 bits per heavy atom. The molecule has 0 radical (unpaired) electrons. The Labute approximate surface area is 212 Å². The first kappa shape index (κ1) is 25.3. The van der Waals surface area contributed by atoms with Gasteiger partial charge < -0.3 is 20.7 Å². The summed E-state index contributed by atoms with van der Waals surface area (Å²) in [4.78, 5) is 12.7. The summed E-state index contributed by atoms with van der Waals surface area (Å²) in [6.45, 7) is 4.07. The van der Waals surface area contributed by atoms with Crippen molar-refractivity contribution in [3.63, 3.8) is 0 Å². The average Bonchev–Trinajstić information content (AvgIpc) is 3.39. The lowest BCUT2D eigenvalue weighted by molar-refractivity contribution is 0.0996. The Morgan fingerprint density at radius 2 is 1.86 bits per heavy atom. The van der Waals surface area contributed by atoms with Gasteiger partial charge in [-0.1, -0.05) is 13.8 Å². The summed E-state index contributed by atoms with van der Waals surface area (Å²) >= 11 is 0. The number of carbonyl (C=O) groups excluding carboxylic acids is 1. The van der Waals surface area contributed by atoms with E-state index >= 15 is 4.39 Å². The lowest BCUT2D eigenvalue weighted by Crippen LogP contribution is -2.37. The van der Waals surface area contributed by atoms with E-state index < -0.39 is 21.6 Å². The zero-order valence-electron chi connectivity index (χ0n) is 21.1. The molecule has 0 atom stereocenters. The van der Waals surface area contributed by atoms with Gasteiger partial charge in [0.1, 0.15) is 5.82 Å². The van der Waals surface area contributed by atoms with Crippen molar-refractivity contribution in [2.24, 2.45) is 11.1 Å². The van der Waals surface area contributed by atoms with Crippen LogP contribution in [-0.2, 0) is 29.1 Å². The summed E-state index contributed by atoms with van der Waals surface area (Å²) in [5, 5.41) is 13.2. The number of carbonyl (C=O) groups is 1. The third-order valence-electron chi connectivity index (χ3n) is 8.75. The number of primary amides is 1. The van der Waals surface area contributed by atoms with Crippen LogP contribution in [0.1, 0.15) is 86.1 Å². The number of nitrogens with one attached hydrogen (secondary N) is 1. The quantitative estimate of drug-likeness (QED) is 0.535. The number of aliphatic hydroxyl groups is 1. The van der Waals surface area contributed by atoms with Crippen LogP contribution in [0.3, 0.4) is 0 Å². The summed E-state index contributed by atoms with van der Waals surface area (Å²) in [6.07, 6.45) is 6.73. The highest BCUT2D eigenvalue weighted by Gasteiger charge is 2.45. The van der Waals surface area contributed by atoms with Crippen molar-refractivity contribution in [3.05, 3.63) is 40.5 Å². The van der Waals surface area contributed by atoms with Crippen LogP contribution in [-0.4, -0.2) is 41.9 Å². The molecule has 196 valence electrons. The molecule has 1 aromatic carbocycles. The summed E-state index contributed by atoms with van der Waals surface area (Å²) < 4.78 is 44.6. The largest absolute Gasteiger partial charge is 0.393 e. The minimum atomic E-state index is -3.48. The summed E-state index contributed by atoms with van der Waals surface area (Å²) in [5.41, 5.74) is 8.43. The molecule has 2 aromatic rings. The van der Waals surface area contributed by atoms with E-state index in [0.717, 1.165) is 42.6 Å². The van der Waals surface area contributed by atoms with E-state index in [-0.39, 0.29) is 28.9 Å². The van der Waals surface area contributed by atoms with Crippen molar-refractivity contribution in [1.29, 1.82) is 0 Å². The van der Waals surface area contributed by atoms with Gasteiger partial charge in [-0.2, -0.15) is 0 Å². The number of nitrogens with zero attached hydrogens (tertiary/aromatic N) is 1. The molecule has 9 heteroatoms. The second-order valence-corrected chi connectivity index (χ2v) is 12.8. The molecule has 1 fully saturated rings. The normalized spacial score (nSPS) is 24.2. The minimum Gasteiger partial charge on any atom is -0.393 e. The van der Waals surface area contributed by atoms with Crippen LogP contribution in [0.5, 0.6) is 0 Å². The Hall–Kier alpha value is -2.39. The first-order valence-corrected chi connectivity index (χ1v) is 14.8. The number of anilines is 1. The number of hydrogen-bond acceptors (Lipinski definition) is 5. The number of rotatable bonds is 6. The van der Waals surface area contributed by atoms with E-state index in [1.54, 1.807) is 6.07 Å². The molecule has 3 aliphatic rings. The lowest BCUT2D eigenvalue weighted by Gasteiger charge is -2.36.